The van der Waals surface area contributed by atoms with Gasteiger partial charge in [-0.15, -0.1) is 0 Å². The van der Waals surface area contributed by atoms with Gasteiger partial charge in [0, 0.05) is 43.0 Å². The first-order valence-corrected chi connectivity index (χ1v) is 11.8. The zero-order valence-corrected chi connectivity index (χ0v) is 19.7. The second-order valence-electron chi connectivity index (χ2n) is 8.59. The van der Waals surface area contributed by atoms with Crippen LogP contribution in [-0.4, -0.2) is 53.2 Å². The van der Waals surface area contributed by atoms with E-state index in [1.165, 1.54) is 0 Å². The van der Waals surface area contributed by atoms with Gasteiger partial charge in [-0.3, -0.25) is 9.78 Å². The molecule has 178 valence electrons. The second kappa shape index (κ2) is 10.1. The molecular formula is C24H27ClN6O3. The summed E-state index contributed by atoms with van der Waals surface area (Å²) in [6.07, 6.45) is 5.63. The van der Waals surface area contributed by atoms with Gasteiger partial charge in [0.15, 0.2) is 18.2 Å². The minimum absolute atomic E-state index is 0.0372. The summed E-state index contributed by atoms with van der Waals surface area (Å²) < 4.78 is 10.6. The molecule has 0 radical (unpaired) electrons. The molecular weight excluding hydrogens is 456 g/mol. The van der Waals surface area contributed by atoms with Crippen molar-refractivity contribution in [2.24, 2.45) is 0 Å². The van der Waals surface area contributed by atoms with Crippen LogP contribution in [0.3, 0.4) is 0 Å². The highest BCUT2D eigenvalue weighted by Gasteiger charge is 2.22. The van der Waals surface area contributed by atoms with Gasteiger partial charge in [-0.1, -0.05) is 11.6 Å². The minimum Gasteiger partial charge on any atom is -0.481 e. The first-order valence-electron chi connectivity index (χ1n) is 11.5. The molecule has 1 fully saturated rings. The highest BCUT2D eigenvalue weighted by Crippen LogP contribution is 2.28. The molecule has 3 aromatic heterocycles. The van der Waals surface area contributed by atoms with Crippen molar-refractivity contribution in [3.05, 3.63) is 46.7 Å². The fourth-order valence-electron chi connectivity index (χ4n) is 4.44. The number of aryl methyl sites for hydroxylation is 1. The first-order chi connectivity index (χ1) is 16.6. The summed E-state index contributed by atoms with van der Waals surface area (Å²) in [7, 11) is 1.61. The van der Waals surface area contributed by atoms with Crippen LogP contribution in [0.4, 0.5) is 5.82 Å². The average Bonchev–Trinajstić information content (AvgIpc) is 2.87. The Bertz CT molecular complexity index is 1200. The number of hydrogen-bond acceptors (Lipinski definition) is 8. The topological polar surface area (TPSA) is 110 Å². The van der Waals surface area contributed by atoms with Gasteiger partial charge in [0.2, 0.25) is 5.88 Å². The summed E-state index contributed by atoms with van der Waals surface area (Å²) in [5, 5.41) is 10.6. The highest BCUT2D eigenvalue weighted by molar-refractivity contribution is 6.32. The van der Waals surface area contributed by atoms with E-state index in [9.17, 15) is 4.79 Å². The summed E-state index contributed by atoms with van der Waals surface area (Å²) in [5.41, 5.74) is 3.51. The molecule has 3 N–H and O–H groups in total. The Morgan fingerprint density at radius 3 is 2.97 bits per heavy atom. The monoisotopic (exact) mass is 482 g/mol. The Morgan fingerprint density at radius 1 is 1.24 bits per heavy atom. The molecule has 9 nitrogen and oxygen atoms in total. The van der Waals surface area contributed by atoms with Crippen LogP contribution in [0.1, 0.15) is 30.5 Å². The minimum atomic E-state index is -0.177. The van der Waals surface area contributed by atoms with Gasteiger partial charge < -0.3 is 25.4 Å². The highest BCUT2D eigenvalue weighted by atomic mass is 35.5. The van der Waals surface area contributed by atoms with Crippen molar-refractivity contribution in [2.75, 3.05) is 25.6 Å². The molecule has 2 aliphatic heterocycles. The van der Waals surface area contributed by atoms with Gasteiger partial charge in [-0.2, -0.15) is 0 Å². The molecule has 5 heterocycles. The molecule has 0 unspecified atom stereocenters. The van der Waals surface area contributed by atoms with Crippen molar-refractivity contribution in [2.45, 2.75) is 44.3 Å². The predicted molar refractivity (Wildman–Crippen MR) is 129 cm³/mol. The van der Waals surface area contributed by atoms with E-state index in [0.717, 1.165) is 54.5 Å². The molecule has 1 saturated heterocycles. The number of ether oxygens (including phenoxy) is 2. The zero-order chi connectivity index (χ0) is 23.5. The summed E-state index contributed by atoms with van der Waals surface area (Å²) >= 11 is 6.48. The molecule has 3 aromatic rings. The Hall–Kier alpha value is -3.01. The maximum absolute atomic E-state index is 11.5. The number of carbonyl (C=O) groups is 1. The molecule has 0 spiro atoms. The van der Waals surface area contributed by atoms with E-state index in [-0.39, 0.29) is 12.5 Å². The number of rotatable bonds is 7. The Kier molecular flexibility index (Phi) is 6.75. The third kappa shape index (κ3) is 5.06. The largest absolute Gasteiger partial charge is 0.481 e. The van der Waals surface area contributed by atoms with Gasteiger partial charge in [-0.25, -0.2) is 9.97 Å². The molecule has 0 bridgehead atoms. The van der Waals surface area contributed by atoms with Crippen molar-refractivity contribution in [3.63, 3.8) is 0 Å². The van der Waals surface area contributed by atoms with Gasteiger partial charge in [0.1, 0.15) is 0 Å². The maximum atomic E-state index is 11.5. The number of nitrogens with one attached hydrogen (secondary N) is 3. The number of piperidine rings is 1. The van der Waals surface area contributed by atoms with E-state index in [4.69, 9.17) is 21.1 Å². The lowest BCUT2D eigenvalue weighted by Crippen LogP contribution is -2.47. The van der Waals surface area contributed by atoms with Gasteiger partial charge >= 0.3 is 0 Å². The Labute approximate surface area is 202 Å². The lowest BCUT2D eigenvalue weighted by atomic mass is 9.95. The number of anilines is 1. The average molecular weight is 483 g/mol. The van der Waals surface area contributed by atoms with Gasteiger partial charge in [0.05, 0.1) is 28.9 Å². The summed E-state index contributed by atoms with van der Waals surface area (Å²) in [5.74, 6) is 1.49. The fourth-order valence-corrected chi connectivity index (χ4v) is 4.67. The van der Waals surface area contributed by atoms with Crippen molar-refractivity contribution >= 4 is 34.4 Å². The third-order valence-electron chi connectivity index (χ3n) is 6.31. The third-order valence-corrected chi connectivity index (χ3v) is 6.64. The number of carbonyl (C=O) groups excluding carboxylic acids is 1. The molecule has 0 aliphatic carbocycles. The standard InChI is InChI=1S/C24H27ClN6O3/c1-33-22-9-7-19-23(31-22)17(18(25)12-28-19)6-4-14-2-3-15(10-26-14)27-11-16-5-8-20-24(29-16)30-21(32)13-34-20/h5,7-9,12,14-15,26-27H,2-4,6,10-11,13H2,1H3,(H,29,30,32)/t14-,15+/m1/s1. The summed E-state index contributed by atoms with van der Waals surface area (Å²) in [4.78, 5) is 25.0. The summed E-state index contributed by atoms with van der Waals surface area (Å²) in [6.45, 7) is 1.55. The van der Waals surface area contributed by atoms with Crippen LogP contribution < -0.4 is 25.4 Å². The number of pyridine rings is 3. The van der Waals surface area contributed by atoms with Crippen LogP contribution in [0.2, 0.25) is 5.02 Å². The zero-order valence-electron chi connectivity index (χ0n) is 18.9. The van der Waals surface area contributed by atoms with Crippen LogP contribution in [0.5, 0.6) is 11.6 Å². The summed E-state index contributed by atoms with van der Waals surface area (Å²) in [6, 6.07) is 8.27. The molecule has 34 heavy (non-hydrogen) atoms. The molecule has 2 aliphatic rings. The maximum Gasteiger partial charge on any atom is 0.263 e. The second-order valence-corrected chi connectivity index (χ2v) is 9.00. The number of nitrogens with zero attached hydrogens (tertiary/aromatic N) is 3. The van der Waals surface area contributed by atoms with Crippen molar-refractivity contribution in [3.8, 4) is 11.6 Å². The van der Waals surface area contributed by atoms with E-state index in [0.29, 0.717) is 41.1 Å². The van der Waals surface area contributed by atoms with Crippen molar-refractivity contribution in [1.29, 1.82) is 0 Å². The van der Waals surface area contributed by atoms with Crippen molar-refractivity contribution < 1.29 is 14.3 Å². The van der Waals surface area contributed by atoms with E-state index in [1.807, 2.05) is 24.3 Å². The van der Waals surface area contributed by atoms with Crippen LogP contribution in [-0.2, 0) is 17.8 Å². The van der Waals surface area contributed by atoms with E-state index in [2.05, 4.69) is 30.9 Å². The molecule has 0 aromatic carbocycles. The number of halogens is 1. The normalized spacial score (nSPS) is 19.9. The lowest BCUT2D eigenvalue weighted by molar-refractivity contribution is -0.118. The van der Waals surface area contributed by atoms with Crippen LogP contribution in [0.25, 0.3) is 11.0 Å². The number of fused-ring (bicyclic) bond motifs is 2. The number of hydrogen-bond donors (Lipinski definition) is 3. The molecule has 1 amide bonds. The van der Waals surface area contributed by atoms with E-state index in [1.54, 1.807) is 13.3 Å². The Balaban J connectivity index is 1.13. The number of methoxy groups -OCH3 is 1. The molecule has 0 saturated carbocycles. The van der Waals surface area contributed by atoms with Crippen LogP contribution in [0.15, 0.2) is 30.5 Å². The predicted octanol–water partition coefficient (Wildman–Crippen LogP) is 2.86. The van der Waals surface area contributed by atoms with Crippen LogP contribution in [0, 0.1) is 0 Å². The molecule has 2 atom stereocenters. The number of amides is 1. The lowest BCUT2D eigenvalue weighted by Gasteiger charge is -2.31. The van der Waals surface area contributed by atoms with Crippen molar-refractivity contribution in [1.82, 2.24) is 25.6 Å². The fraction of sp³-hybridized carbons (Fsp3) is 0.417. The smallest absolute Gasteiger partial charge is 0.263 e. The quantitative estimate of drug-likeness (QED) is 0.471. The molecule has 5 rings (SSSR count). The van der Waals surface area contributed by atoms with E-state index >= 15 is 0 Å². The van der Waals surface area contributed by atoms with E-state index < -0.39 is 0 Å². The van der Waals surface area contributed by atoms with Gasteiger partial charge in [-0.05, 0) is 43.9 Å². The number of aromatic nitrogens is 3. The SMILES string of the molecule is COc1ccc2ncc(Cl)c(CC[C@H]3CC[C@H](NCc4ccc5c(n4)NC(=O)CO5)CN3)c2n1. The van der Waals surface area contributed by atoms with Crippen LogP contribution >= 0.6 is 11.6 Å². The molecule has 10 heteroatoms. The Morgan fingerprint density at radius 2 is 2.15 bits per heavy atom. The first kappa shape index (κ1) is 22.8. The van der Waals surface area contributed by atoms with Gasteiger partial charge in [0.25, 0.3) is 5.91 Å².